The molecule has 1 heterocycles. The van der Waals surface area contributed by atoms with Gasteiger partial charge in [0.15, 0.2) is 0 Å². The van der Waals surface area contributed by atoms with Gasteiger partial charge in [-0.2, -0.15) is 0 Å². The Bertz CT molecular complexity index is 381. The Labute approximate surface area is 105 Å². The molecule has 17 heavy (non-hydrogen) atoms. The molecule has 0 aromatic carbocycles. The lowest BCUT2D eigenvalue weighted by atomic mass is 9.96. The maximum atomic E-state index is 4.36. The molecule has 0 radical (unpaired) electrons. The van der Waals surface area contributed by atoms with Gasteiger partial charge < -0.3 is 9.88 Å². The van der Waals surface area contributed by atoms with Crippen molar-refractivity contribution in [1.82, 2.24) is 14.9 Å². The van der Waals surface area contributed by atoms with Crippen LogP contribution in [0.25, 0.3) is 0 Å². The summed E-state index contributed by atoms with van der Waals surface area (Å²) in [5.41, 5.74) is 1.29. The number of imidazole rings is 1. The van der Waals surface area contributed by atoms with Gasteiger partial charge in [-0.3, -0.25) is 0 Å². The minimum atomic E-state index is -0.0119. The van der Waals surface area contributed by atoms with E-state index in [4.69, 9.17) is 0 Å². The van der Waals surface area contributed by atoms with Gasteiger partial charge in [-0.15, -0.1) is 0 Å². The fourth-order valence-corrected chi connectivity index (χ4v) is 2.91. The van der Waals surface area contributed by atoms with Gasteiger partial charge in [0, 0.05) is 6.04 Å². The molecule has 0 saturated heterocycles. The smallest absolute Gasteiger partial charge is 0.0951 e. The maximum absolute atomic E-state index is 4.36. The summed E-state index contributed by atoms with van der Waals surface area (Å²) in [6.45, 7) is 9.16. The first kappa shape index (κ1) is 12.6. The molecule has 1 N–H and O–H groups in total. The first-order valence-electron chi connectivity index (χ1n) is 6.68. The van der Waals surface area contributed by atoms with Gasteiger partial charge in [0.05, 0.1) is 23.8 Å². The fourth-order valence-electron chi connectivity index (χ4n) is 2.91. The average Bonchev–Trinajstić information content (AvgIpc) is 2.88. The molecule has 1 aliphatic rings. The highest BCUT2D eigenvalue weighted by Crippen LogP contribution is 2.41. The van der Waals surface area contributed by atoms with E-state index in [0.29, 0.717) is 6.04 Å². The van der Waals surface area contributed by atoms with Crippen LogP contribution in [0.2, 0.25) is 0 Å². The standard InChI is InChI=1S/C14H25N3/c1-10-6-7-12(11(10)2)17-9-16-8-13(17)14(3,4)15-5/h8-12,15H,6-7H2,1-5H3. The number of aromatic nitrogens is 2. The molecule has 96 valence electrons. The third kappa shape index (κ3) is 2.13. The van der Waals surface area contributed by atoms with Crippen molar-refractivity contribution in [3.8, 4) is 0 Å². The SMILES string of the molecule is CNC(C)(C)c1cncn1C1CCC(C)C1C. The van der Waals surface area contributed by atoms with E-state index in [9.17, 15) is 0 Å². The van der Waals surface area contributed by atoms with Crippen molar-refractivity contribution in [2.45, 2.75) is 52.1 Å². The van der Waals surface area contributed by atoms with Crippen LogP contribution in [0, 0.1) is 11.8 Å². The number of nitrogens with one attached hydrogen (secondary N) is 1. The van der Waals surface area contributed by atoms with Crippen molar-refractivity contribution in [3.63, 3.8) is 0 Å². The van der Waals surface area contributed by atoms with E-state index in [0.717, 1.165) is 11.8 Å². The van der Waals surface area contributed by atoms with E-state index in [1.54, 1.807) is 0 Å². The van der Waals surface area contributed by atoms with Crippen molar-refractivity contribution in [2.24, 2.45) is 11.8 Å². The van der Waals surface area contributed by atoms with Gasteiger partial charge in [-0.1, -0.05) is 13.8 Å². The Morgan fingerprint density at radius 3 is 2.59 bits per heavy atom. The Morgan fingerprint density at radius 2 is 2.06 bits per heavy atom. The second-order valence-electron chi connectivity index (χ2n) is 6.04. The summed E-state index contributed by atoms with van der Waals surface area (Å²) < 4.78 is 2.39. The van der Waals surface area contributed by atoms with Crippen LogP contribution in [0.5, 0.6) is 0 Å². The average molecular weight is 235 g/mol. The van der Waals surface area contributed by atoms with Gasteiger partial charge in [0.1, 0.15) is 0 Å². The van der Waals surface area contributed by atoms with E-state index >= 15 is 0 Å². The zero-order valence-corrected chi connectivity index (χ0v) is 11.7. The molecular formula is C14H25N3. The van der Waals surface area contributed by atoms with E-state index in [1.165, 1.54) is 18.5 Å². The highest BCUT2D eigenvalue weighted by molar-refractivity contribution is 5.13. The first-order valence-corrected chi connectivity index (χ1v) is 6.68. The molecule has 3 atom stereocenters. The highest BCUT2D eigenvalue weighted by atomic mass is 15.1. The molecule has 1 saturated carbocycles. The summed E-state index contributed by atoms with van der Waals surface area (Å²) in [6.07, 6.45) is 6.63. The van der Waals surface area contributed by atoms with Crippen molar-refractivity contribution in [3.05, 3.63) is 18.2 Å². The lowest BCUT2D eigenvalue weighted by Gasteiger charge is -2.30. The van der Waals surface area contributed by atoms with Gasteiger partial charge in [-0.05, 0) is 45.6 Å². The molecule has 0 amide bonds. The minimum absolute atomic E-state index is 0.0119. The topological polar surface area (TPSA) is 29.9 Å². The third-order valence-corrected chi connectivity index (χ3v) is 4.71. The number of hydrogen-bond acceptors (Lipinski definition) is 2. The summed E-state index contributed by atoms with van der Waals surface area (Å²) in [5.74, 6) is 1.57. The Hall–Kier alpha value is -0.830. The molecule has 2 rings (SSSR count). The van der Waals surface area contributed by atoms with Gasteiger partial charge in [0.25, 0.3) is 0 Å². The molecule has 1 aromatic heterocycles. The third-order valence-electron chi connectivity index (χ3n) is 4.71. The first-order chi connectivity index (χ1) is 7.97. The number of rotatable bonds is 3. The second kappa shape index (κ2) is 4.45. The maximum Gasteiger partial charge on any atom is 0.0951 e. The van der Waals surface area contributed by atoms with Gasteiger partial charge in [0.2, 0.25) is 0 Å². The Morgan fingerprint density at radius 1 is 1.35 bits per heavy atom. The summed E-state index contributed by atoms with van der Waals surface area (Å²) in [7, 11) is 2.01. The van der Waals surface area contributed by atoms with Crippen LogP contribution in [0.15, 0.2) is 12.5 Å². The molecule has 0 bridgehead atoms. The number of hydrogen-bond donors (Lipinski definition) is 1. The lowest BCUT2D eigenvalue weighted by molar-refractivity contribution is 0.320. The van der Waals surface area contributed by atoms with E-state index in [2.05, 4.69) is 42.6 Å². The van der Waals surface area contributed by atoms with Crippen LogP contribution >= 0.6 is 0 Å². The summed E-state index contributed by atoms with van der Waals surface area (Å²) in [5, 5.41) is 3.37. The lowest BCUT2D eigenvalue weighted by Crippen LogP contribution is -2.36. The summed E-state index contributed by atoms with van der Waals surface area (Å²) in [6, 6.07) is 0.620. The van der Waals surface area contributed by atoms with E-state index < -0.39 is 0 Å². The molecule has 3 unspecified atom stereocenters. The van der Waals surface area contributed by atoms with Crippen molar-refractivity contribution in [2.75, 3.05) is 7.05 Å². The molecule has 1 aliphatic carbocycles. The molecule has 1 aromatic rings. The molecule has 1 fully saturated rings. The monoisotopic (exact) mass is 235 g/mol. The van der Waals surface area contributed by atoms with Crippen LogP contribution in [-0.4, -0.2) is 16.6 Å². The minimum Gasteiger partial charge on any atom is -0.330 e. The van der Waals surface area contributed by atoms with Crippen LogP contribution in [0.1, 0.15) is 52.3 Å². The normalized spacial score (nSPS) is 29.8. The number of nitrogens with zero attached hydrogens (tertiary/aromatic N) is 2. The van der Waals surface area contributed by atoms with Crippen LogP contribution in [-0.2, 0) is 5.54 Å². The molecule has 3 heteroatoms. The molecule has 0 spiro atoms. The predicted molar refractivity (Wildman–Crippen MR) is 70.9 cm³/mol. The van der Waals surface area contributed by atoms with Crippen molar-refractivity contribution < 1.29 is 0 Å². The van der Waals surface area contributed by atoms with Gasteiger partial charge >= 0.3 is 0 Å². The quantitative estimate of drug-likeness (QED) is 0.873. The predicted octanol–water partition coefficient (Wildman–Crippen LogP) is 2.94. The molecule has 0 aliphatic heterocycles. The van der Waals surface area contributed by atoms with Crippen LogP contribution in [0.4, 0.5) is 0 Å². The summed E-state index contributed by atoms with van der Waals surface area (Å²) >= 11 is 0. The molecule has 3 nitrogen and oxygen atoms in total. The van der Waals surface area contributed by atoms with E-state index in [1.807, 2.05) is 19.6 Å². The fraction of sp³-hybridized carbons (Fsp3) is 0.786. The zero-order valence-electron chi connectivity index (χ0n) is 11.7. The van der Waals surface area contributed by atoms with Crippen molar-refractivity contribution in [1.29, 1.82) is 0 Å². The zero-order chi connectivity index (χ0) is 12.6. The molecular weight excluding hydrogens is 210 g/mol. The Balaban J connectivity index is 2.32. The van der Waals surface area contributed by atoms with Crippen molar-refractivity contribution >= 4 is 0 Å². The van der Waals surface area contributed by atoms with E-state index in [-0.39, 0.29) is 5.54 Å². The second-order valence-corrected chi connectivity index (χ2v) is 6.04. The van der Waals surface area contributed by atoms with Gasteiger partial charge in [-0.25, -0.2) is 4.98 Å². The largest absolute Gasteiger partial charge is 0.330 e. The summed E-state index contributed by atoms with van der Waals surface area (Å²) in [4.78, 5) is 4.36. The van der Waals surface area contributed by atoms with Crippen LogP contribution < -0.4 is 5.32 Å². The highest BCUT2D eigenvalue weighted by Gasteiger charge is 2.34. The van der Waals surface area contributed by atoms with Crippen LogP contribution in [0.3, 0.4) is 0 Å². The Kier molecular flexibility index (Phi) is 3.30.